The smallest absolute Gasteiger partial charge is 0.145 e. The summed E-state index contributed by atoms with van der Waals surface area (Å²) in [4.78, 5) is 2.62. The summed E-state index contributed by atoms with van der Waals surface area (Å²) in [5, 5.41) is 4.23. The molecule has 0 saturated carbocycles. The van der Waals surface area contributed by atoms with Gasteiger partial charge in [-0.1, -0.05) is 20.8 Å². The molecule has 1 aliphatic rings. The number of hydrogen-bond acceptors (Lipinski definition) is 3. The van der Waals surface area contributed by atoms with Crippen molar-refractivity contribution < 1.29 is 0 Å². The molecule has 0 bridgehead atoms. The second-order valence-electron chi connectivity index (χ2n) is 7.19. The standard InChI is InChI=1S/C16H30N4/c1-16(2,3)14-6-4-9-19(12-7-14)10-5-11-20-13-8-15(17)18-20/h8,13-14H,4-7,9-12H2,1-3H3,(H2,17,18). The first kappa shape index (κ1) is 15.4. The summed E-state index contributed by atoms with van der Waals surface area (Å²) in [7, 11) is 0. The Hall–Kier alpha value is -1.03. The van der Waals surface area contributed by atoms with Crippen molar-refractivity contribution in [1.82, 2.24) is 14.7 Å². The summed E-state index contributed by atoms with van der Waals surface area (Å²) >= 11 is 0. The van der Waals surface area contributed by atoms with Crippen LogP contribution >= 0.6 is 0 Å². The van der Waals surface area contributed by atoms with Crippen LogP contribution in [0.3, 0.4) is 0 Å². The average molecular weight is 278 g/mol. The van der Waals surface area contributed by atoms with Crippen LogP contribution in [-0.4, -0.2) is 34.3 Å². The largest absolute Gasteiger partial charge is 0.382 e. The van der Waals surface area contributed by atoms with Crippen molar-refractivity contribution in [2.24, 2.45) is 11.3 Å². The van der Waals surface area contributed by atoms with Crippen molar-refractivity contribution in [3.8, 4) is 0 Å². The number of aryl methyl sites for hydroxylation is 1. The third-order valence-electron chi connectivity index (χ3n) is 4.57. The molecule has 114 valence electrons. The molecule has 1 unspecified atom stereocenters. The van der Waals surface area contributed by atoms with Gasteiger partial charge < -0.3 is 10.6 Å². The van der Waals surface area contributed by atoms with Gasteiger partial charge in [-0.3, -0.25) is 4.68 Å². The summed E-state index contributed by atoms with van der Waals surface area (Å²) in [5.41, 5.74) is 6.09. The Bertz CT molecular complexity index is 405. The molecule has 0 radical (unpaired) electrons. The number of hydrogen-bond donors (Lipinski definition) is 1. The van der Waals surface area contributed by atoms with Crippen LogP contribution in [0.4, 0.5) is 5.82 Å². The number of likely N-dealkylation sites (tertiary alicyclic amines) is 1. The van der Waals surface area contributed by atoms with Gasteiger partial charge in [0, 0.05) is 12.7 Å². The zero-order valence-electron chi connectivity index (χ0n) is 13.3. The van der Waals surface area contributed by atoms with E-state index in [4.69, 9.17) is 5.73 Å². The third kappa shape index (κ3) is 4.51. The van der Waals surface area contributed by atoms with E-state index in [1.54, 1.807) is 0 Å². The van der Waals surface area contributed by atoms with Gasteiger partial charge in [0.25, 0.3) is 0 Å². The van der Waals surface area contributed by atoms with E-state index in [-0.39, 0.29) is 0 Å². The Morgan fingerprint density at radius 2 is 2.05 bits per heavy atom. The predicted octanol–water partition coefficient (Wildman–Crippen LogP) is 3.00. The summed E-state index contributed by atoms with van der Waals surface area (Å²) in [5.74, 6) is 1.49. The molecule has 1 aromatic rings. The van der Waals surface area contributed by atoms with Crippen molar-refractivity contribution in [3.63, 3.8) is 0 Å². The van der Waals surface area contributed by atoms with Crippen molar-refractivity contribution in [1.29, 1.82) is 0 Å². The molecule has 0 amide bonds. The van der Waals surface area contributed by atoms with Crippen molar-refractivity contribution in [2.75, 3.05) is 25.4 Å². The highest BCUT2D eigenvalue weighted by Crippen LogP contribution is 2.34. The van der Waals surface area contributed by atoms with E-state index in [0.717, 1.165) is 18.9 Å². The molecular weight excluding hydrogens is 248 g/mol. The highest BCUT2D eigenvalue weighted by Gasteiger charge is 2.26. The first-order valence-electron chi connectivity index (χ1n) is 7.96. The van der Waals surface area contributed by atoms with Gasteiger partial charge in [-0.2, -0.15) is 5.10 Å². The number of nitrogens with zero attached hydrogens (tertiary/aromatic N) is 3. The molecular formula is C16H30N4. The van der Waals surface area contributed by atoms with Gasteiger partial charge in [0.1, 0.15) is 5.82 Å². The van der Waals surface area contributed by atoms with Crippen molar-refractivity contribution in [2.45, 2.75) is 53.0 Å². The van der Waals surface area contributed by atoms with Crippen LogP contribution in [-0.2, 0) is 6.54 Å². The van der Waals surface area contributed by atoms with Crippen LogP contribution in [0.2, 0.25) is 0 Å². The van der Waals surface area contributed by atoms with Crippen molar-refractivity contribution >= 4 is 5.82 Å². The zero-order valence-corrected chi connectivity index (χ0v) is 13.3. The molecule has 1 atom stereocenters. The second kappa shape index (κ2) is 6.61. The van der Waals surface area contributed by atoms with Crippen molar-refractivity contribution in [3.05, 3.63) is 12.3 Å². The molecule has 0 spiro atoms. The number of nitrogen functional groups attached to an aromatic ring is 1. The molecule has 2 heterocycles. The monoisotopic (exact) mass is 278 g/mol. The molecule has 4 heteroatoms. The summed E-state index contributed by atoms with van der Waals surface area (Å²) < 4.78 is 1.95. The summed E-state index contributed by atoms with van der Waals surface area (Å²) in [6, 6.07) is 1.86. The highest BCUT2D eigenvalue weighted by atomic mass is 15.3. The van der Waals surface area contributed by atoms with E-state index in [0.29, 0.717) is 11.2 Å². The molecule has 20 heavy (non-hydrogen) atoms. The molecule has 0 aromatic carbocycles. The van der Waals surface area contributed by atoms with Gasteiger partial charge in [-0.05, 0) is 62.7 Å². The van der Waals surface area contributed by atoms with Crippen LogP contribution in [0.15, 0.2) is 12.3 Å². The van der Waals surface area contributed by atoms with Gasteiger partial charge in [0.2, 0.25) is 0 Å². The van der Waals surface area contributed by atoms with E-state index in [1.807, 2.05) is 16.9 Å². The minimum atomic E-state index is 0.461. The lowest BCUT2D eigenvalue weighted by molar-refractivity contribution is 0.207. The summed E-state index contributed by atoms with van der Waals surface area (Å²) in [6.07, 6.45) is 7.19. The van der Waals surface area contributed by atoms with Gasteiger partial charge in [-0.25, -0.2) is 0 Å². The summed E-state index contributed by atoms with van der Waals surface area (Å²) in [6.45, 7) is 11.8. The zero-order chi connectivity index (χ0) is 14.6. The first-order valence-corrected chi connectivity index (χ1v) is 7.96. The van der Waals surface area contributed by atoms with E-state index in [2.05, 4.69) is 30.8 Å². The maximum atomic E-state index is 5.63. The SMILES string of the molecule is CC(C)(C)C1CCCN(CCCn2ccc(N)n2)CC1. The Kier molecular flexibility index (Phi) is 5.08. The number of anilines is 1. The minimum absolute atomic E-state index is 0.461. The maximum Gasteiger partial charge on any atom is 0.145 e. The fraction of sp³-hybridized carbons (Fsp3) is 0.812. The molecule has 1 saturated heterocycles. The van der Waals surface area contributed by atoms with Gasteiger partial charge in [0.05, 0.1) is 0 Å². The molecule has 2 N–H and O–H groups in total. The molecule has 4 nitrogen and oxygen atoms in total. The van der Waals surface area contributed by atoms with Crippen LogP contribution in [0.1, 0.15) is 46.5 Å². The normalized spacial score (nSPS) is 21.9. The third-order valence-corrected chi connectivity index (χ3v) is 4.57. The Morgan fingerprint density at radius 3 is 2.70 bits per heavy atom. The first-order chi connectivity index (χ1) is 9.45. The lowest BCUT2D eigenvalue weighted by Crippen LogP contribution is -2.28. The molecule has 1 aromatic heterocycles. The number of rotatable bonds is 4. The quantitative estimate of drug-likeness (QED) is 0.921. The van der Waals surface area contributed by atoms with Crippen LogP contribution < -0.4 is 5.73 Å². The molecule has 2 rings (SSSR count). The minimum Gasteiger partial charge on any atom is -0.382 e. The number of nitrogens with two attached hydrogens (primary N) is 1. The Morgan fingerprint density at radius 1 is 1.25 bits per heavy atom. The topological polar surface area (TPSA) is 47.1 Å². The Labute approximate surface area is 123 Å². The maximum absolute atomic E-state index is 5.63. The number of aromatic nitrogens is 2. The van der Waals surface area contributed by atoms with E-state index < -0.39 is 0 Å². The average Bonchev–Trinajstić information content (AvgIpc) is 2.63. The van der Waals surface area contributed by atoms with E-state index >= 15 is 0 Å². The molecule has 1 aliphatic heterocycles. The van der Waals surface area contributed by atoms with Gasteiger partial charge >= 0.3 is 0 Å². The fourth-order valence-corrected chi connectivity index (χ4v) is 3.20. The predicted molar refractivity (Wildman–Crippen MR) is 84.5 cm³/mol. The van der Waals surface area contributed by atoms with Crippen LogP contribution in [0.25, 0.3) is 0 Å². The van der Waals surface area contributed by atoms with Gasteiger partial charge in [0.15, 0.2) is 0 Å². The van der Waals surface area contributed by atoms with E-state index in [9.17, 15) is 0 Å². The molecule has 1 fully saturated rings. The van der Waals surface area contributed by atoms with E-state index in [1.165, 1.54) is 38.9 Å². The fourth-order valence-electron chi connectivity index (χ4n) is 3.20. The molecule has 0 aliphatic carbocycles. The van der Waals surface area contributed by atoms with Crippen LogP contribution in [0, 0.1) is 11.3 Å². The van der Waals surface area contributed by atoms with Gasteiger partial charge in [-0.15, -0.1) is 0 Å². The highest BCUT2D eigenvalue weighted by molar-refractivity contribution is 5.23. The Balaban J connectivity index is 1.71. The van der Waals surface area contributed by atoms with Crippen LogP contribution in [0.5, 0.6) is 0 Å². The second-order valence-corrected chi connectivity index (χ2v) is 7.19. The lowest BCUT2D eigenvalue weighted by Gasteiger charge is -2.29. The lowest BCUT2D eigenvalue weighted by atomic mass is 9.77.